The van der Waals surface area contributed by atoms with Crippen molar-refractivity contribution in [3.8, 4) is 11.5 Å². The molecule has 0 spiro atoms. The van der Waals surface area contributed by atoms with Gasteiger partial charge in [-0.15, -0.1) is 0 Å². The van der Waals surface area contributed by atoms with Crippen LogP contribution in [-0.4, -0.2) is 29.3 Å². The molecule has 0 aliphatic carbocycles. The quantitative estimate of drug-likeness (QED) is 0.0826. The lowest BCUT2D eigenvalue weighted by Gasteiger charge is -2.32. The number of halogens is 4. The highest BCUT2D eigenvalue weighted by Crippen LogP contribution is 2.54. The fraction of sp³-hybridized carbons (Fsp3) is 0.278. The van der Waals surface area contributed by atoms with E-state index in [0.717, 1.165) is 78.5 Å². The first-order valence-electron chi connectivity index (χ1n) is 21.5. The molecule has 10 heteroatoms. The molecular formula is C54H52Cl4N2O4. The van der Waals surface area contributed by atoms with Crippen molar-refractivity contribution in [3.05, 3.63) is 174 Å². The lowest BCUT2D eigenvalue weighted by atomic mass is 9.81. The van der Waals surface area contributed by atoms with E-state index in [1.165, 1.54) is 0 Å². The second-order valence-electron chi connectivity index (χ2n) is 18.6. The molecule has 0 saturated heterocycles. The van der Waals surface area contributed by atoms with Crippen LogP contribution in [0.25, 0.3) is 22.3 Å². The van der Waals surface area contributed by atoms with Gasteiger partial charge in [-0.2, -0.15) is 0 Å². The highest BCUT2D eigenvalue weighted by molar-refractivity contribution is 6.53. The van der Waals surface area contributed by atoms with Gasteiger partial charge in [0.1, 0.15) is 11.5 Å². The minimum Gasteiger partial charge on any atom is -0.491 e. The van der Waals surface area contributed by atoms with Crippen LogP contribution in [0.5, 0.6) is 11.5 Å². The number of nitrogens with one attached hydrogen (secondary N) is 2. The first-order chi connectivity index (χ1) is 30.1. The number of benzene rings is 5. The average Bonchev–Trinajstić information content (AvgIpc) is 3.51. The summed E-state index contributed by atoms with van der Waals surface area (Å²) in [6, 6.07) is 28.5. The Balaban J connectivity index is 1.47. The Labute approximate surface area is 396 Å². The zero-order chi connectivity index (χ0) is 46.0. The van der Waals surface area contributed by atoms with Crippen molar-refractivity contribution in [3.63, 3.8) is 0 Å². The first-order valence-corrected chi connectivity index (χ1v) is 23.0. The third kappa shape index (κ3) is 8.83. The molecule has 0 unspecified atom stereocenters. The van der Waals surface area contributed by atoms with Gasteiger partial charge in [0.25, 0.3) is 0 Å². The van der Waals surface area contributed by atoms with Gasteiger partial charge < -0.3 is 24.8 Å². The standard InChI is InChI=1S/C54H52Cl4N2O4/c1-29(2)62-37-17-11-33(12-18-37)41(35-15-21-43-39(23-35)31(5)25-52(7,8)59-43)27-54(46-45(51(61)64-54)47(55)49(57)50(58)48(46)56)28-42(34-13-19-38(20-14-34)63-30(3)4)36-16-22-44-40(24-36)32(6)26-53(9,10)60-44/h11-30,59-60H,1-10H3/b41-27+,42-28+. The van der Waals surface area contributed by atoms with E-state index in [1.54, 1.807) is 0 Å². The van der Waals surface area contributed by atoms with Gasteiger partial charge in [-0.1, -0.05) is 95.0 Å². The number of hydrogen-bond acceptors (Lipinski definition) is 6. The summed E-state index contributed by atoms with van der Waals surface area (Å²) in [6.45, 7) is 20.8. The van der Waals surface area contributed by atoms with Crippen molar-refractivity contribution in [2.75, 3.05) is 10.6 Å². The molecule has 8 rings (SSSR count). The molecule has 3 aliphatic heterocycles. The van der Waals surface area contributed by atoms with Crippen molar-refractivity contribution >= 4 is 86.0 Å². The smallest absolute Gasteiger partial charge is 0.341 e. The minimum absolute atomic E-state index is 0.0106. The lowest BCUT2D eigenvalue weighted by Crippen LogP contribution is -2.31. The van der Waals surface area contributed by atoms with Gasteiger partial charge in [0.2, 0.25) is 0 Å². The van der Waals surface area contributed by atoms with Crippen LogP contribution in [0.15, 0.2) is 109 Å². The van der Waals surface area contributed by atoms with Gasteiger partial charge in [0.15, 0.2) is 5.60 Å². The number of carbonyl (C=O) groups is 1. The van der Waals surface area contributed by atoms with Crippen LogP contribution in [0, 0.1) is 0 Å². The monoisotopic (exact) mass is 932 g/mol. The third-order valence-corrected chi connectivity index (χ3v) is 13.3. The number of allylic oxidation sites excluding steroid dienone is 2. The summed E-state index contributed by atoms with van der Waals surface area (Å²) < 4.78 is 18.9. The Morgan fingerprint density at radius 3 is 1.38 bits per heavy atom. The SMILES string of the molecule is CC1=CC(C)(C)Nc2ccc(/C(=C/C3(/C=C(\c4ccc(OC(C)C)cc4)c4ccc5c(c4)C(C)=CC(C)(C)N5)OC(=O)c4c(Cl)c(Cl)c(Cl)c(Cl)c43)c3ccc(OC(C)C)cc3)cc21. The zero-order valence-corrected chi connectivity index (χ0v) is 40.7. The van der Waals surface area contributed by atoms with Gasteiger partial charge in [0.05, 0.1) is 48.9 Å². The molecule has 3 aliphatic rings. The van der Waals surface area contributed by atoms with Crippen LogP contribution in [0.4, 0.5) is 11.4 Å². The molecule has 5 aromatic carbocycles. The van der Waals surface area contributed by atoms with Gasteiger partial charge in [-0.05, 0) is 174 Å². The van der Waals surface area contributed by atoms with Crippen molar-refractivity contribution in [2.45, 2.75) is 98.1 Å². The molecule has 0 atom stereocenters. The topological polar surface area (TPSA) is 68.8 Å². The van der Waals surface area contributed by atoms with E-state index in [2.05, 4.69) is 101 Å². The summed E-state index contributed by atoms with van der Waals surface area (Å²) in [5, 5.41) is 7.31. The maximum absolute atomic E-state index is 14.5. The van der Waals surface area contributed by atoms with Gasteiger partial charge in [-0.25, -0.2) is 4.79 Å². The number of carbonyl (C=O) groups excluding carboxylic acids is 1. The summed E-state index contributed by atoms with van der Waals surface area (Å²) in [5.41, 5.74) is 9.44. The Morgan fingerprint density at radius 2 is 0.969 bits per heavy atom. The molecule has 0 radical (unpaired) electrons. The molecule has 0 aromatic heterocycles. The number of fused-ring (bicyclic) bond motifs is 3. The molecule has 5 aromatic rings. The number of ether oxygens (including phenoxy) is 3. The molecule has 6 nitrogen and oxygen atoms in total. The normalized spacial score (nSPS) is 18.6. The van der Waals surface area contributed by atoms with Crippen molar-refractivity contribution in [1.29, 1.82) is 0 Å². The van der Waals surface area contributed by atoms with E-state index in [-0.39, 0.29) is 54.5 Å². The molecule has 0 fully saturated rings. The summed E-state index contributed by atoms with van der Waals surface area (Å²) in [5.74, 6) is 0.748. The van der Waals surface area contributed by atoms with Gasteiger partial charge in [-0.3, -0.25) is 0 Å². The molecule has 2 N–H and O–H groups in total. The Hall–Kier alpha value is -5.11. The number of hydrogen-bond donors (Lipinski definition) is 2. The minimum atomic E-state index is -1.70. The summed E-state index contributed by atoms with van der Waals surface area (Å²) in [7, 11) is 0. The fourth-order valence-electron chi connectivity index (χ4n) is 9.06. The Morgan fingerprint density at radius 1 is 0.578 bits per heavy atom. The van der Waals surface area contributed by atoms with Gasteiger partial charge >= 0.3 is 5.97 Å². The van der Waals surface area contributed by atoms with Crippen LogP contribution in [0.2, 0.25) is 20.1 Å². The average molecular weight is 935 g/mol. The van der Waals surface area contributed by atoms with E-state index in [0.29, 0.717) is 0 Å². The maximum Gasteiger partial charge on any atom is 0.341 e. The van der Waals surface area contributed by atoms with E-state index in [9.17, 15) is 4.79 Å². The lowest BCUT2D eigenvalue weighted by molar-refractivity contribution is 0.0300. The summed E-state index contributed by atoms with van der Waals surface area (Å²) in [6.07, 6.45) is 8.31. The summed E-state index contributed by atoms with van der Waals surface area (Å²) >= 11 is 27.9. The number of esters is 1. The van der Waals surface area contributed by atoms with Crippen molar-refractivity contribution < 1.29 is 19.0 Å². The van der Waals surface area contributed by atoms with Crippen LogP contribution < -0.4 is 20.1 Å². The highest BCUT2D eigenvalue weighted by Gasteiger charge is 2.48. The van der Waals surface area contributed by atoms with Crippen LogP contribution in [-0.2, 0) is 10.3 Å². The highest BCUT2D eigenvalue weighted by atomic mass is 35.5. The second kappa shape index (κ2) is 17.0. The molecule has 3 heterocycles. The van der Waals surface area contributed by atoms with E-state index in [4.69, 9.17) is 60.6 Å². The number of rotatable bonds is 10. The fourth-order valence-corrected chi connectivity index (χ4v) is 10.1. The van der Waals surface area contributed by atoms with Gasteiger partial charge in [0, 0.05) is 28.1 Å². The molecule has 64 heavy (non-hydrogen) atoms. The van der Waals surface area contributed by atoms with Crippen LogP contribution in [0.1, 0.15) is 119 Å². The maximum atomic E-state index is 14.5. The first kappa shape index (κ1) is 45.5. The Kier molecular flexibility index (Phi) is 12.1. The van der Waals surface area contributed by atoms with E-state index in [1.807, 2.05) is 88.4 Å². The van der Waals surface area contributed by atoms with Crippen LogP contribution in [0.3, 0.4) is 0 Å². The largest absolute Gasteiger partial charge is 0.491 e. The van der Waals surface area contributed by atoms with E-state index >= 15 is 0 Å². The van der Waals surface area contributed by atoms with Crippen molar-refractivity contribution in [2.24, 2.45) is 0 Å². The zero-order valence-electron chi connectivity index (χ0n) is 37.7. The molecule has 330 valence electrons. The molecule has 0 amide bonds. The molecule has 0 bridgehead atoms. The van der Waals surface area contributed by atoms with E-state index < -0.39 is 11.6 Å². The van der Waals surface area contributed by atoms with Crippen molar-refractivity contribution in [1.82, 2.24) is 0 Å². The second-order valence-corrected chi connectivity index (χ2v) is 20.1. The molecule has 0 saturated carbocycles. The summed E-state index contributed by atoms with van der Waals surface area (Å²) in [4.78, 5) is 14.5. The Bertz CT molecular complexity index is 2680. The third-order valence-electron chi connectivity index (χ3n) is 11.5. The predicted octanol–water partition coefficient (Wildman–Crippen LogP) is 15.7. The molecular weight excluding hydrogens is 882 g/mol. The number of cyclic esters (lactones) is 1. The number of anilines is 2. The predicted molar refractivity (Wildman–Crippen MR) is 268 cm³/mol. The van der Waals surface area contributed by atoms with Crippen LogP contribution >= 0.6 is 46.4 Å².